The molecule has 0 aromatic carbocycles. The Morgan fingerprint density at radius 1 is 1.56 bits per heavy atom. The Hall–Kier alpha value is -1.06. The Kier molecular flexibility index (Phi) is 1.38. The topological polar surface area (TPSA) is 64.9 Å². The van der Waals surface area contributed by atoms with E-state index < -0.39 is 0 Å². The van der Waals surface area contributed by atoms with Crippen molar-refractivity contribution in [2.45, 2.75) is 19.8 Å². The van der Waals surface area contributed by atoms with Gasteiger partial charge in [-0.15, -0.1) is 0 Å². The minimum absolute atomic E-state index is 0.138. The highest BCUT2D eigenvalue weighted by Crippen LogP contribution is 2.09. The maximum Gasteiger partial charge on any atom is 0.318 e. The lowest BCUT2D eigenvalue weighted by atomic mass is 10.2. The molecule has 0 spiro atoms. The van der Waals surface area contributed by atoms with E-state index in [1.165, 1.54) is 0 Å². The second kappa shape index (κ2) is 2.05. The van der Waals surface area contributed by atoms with E-state index in [4.69, 9.17) is 5.73 Å². The highest BCUT2D eigenvalue weighted by molar-refractivity contribution is 5.08. The third-order valence-corrected chi connectivity index (χ3v) is 0.974. The van der Waals surface area contributed by atoms with Gasteiger partial charge in [0.2, 0.25) is 0 Å². The fourth-order valence-electron chi connectivity index (χ4n) is 0.482. The number of rotatable bonds is 1. The molecule has 0 bridgehead atoms. The Balaban J connectivity index is 2.85. The van der Waals surface area contributed by atoms with Crippen LogP contribution in [0.4, 0.5) is 6.01 Å². The van der Waals surface area contributed by atoms with Crippen LogP contribution in [0.5, 0.6) is 0 Å². The van der Waals surface area contributed by atoms with Crippen LogP contribution in [0.15, 0.2) is 4.52 Å². The van der Waals surface area contributed by atoms with E-state index >= 15 is 0 Å². The van der Waals surface area contributed by atoms with Gasteiger partial charge in [0.15, 0.2) is 5.82 Å². The van der Waals surface area contributed by atoms with Crippen molar-refractivity contribution in [1.82, 2.24) is 10.1 Å². The average molecular weight is 127 g/mol. The molecule has 0 saturated heterocycles. The van der Waals surface area contributed by atoms with Crippen molar-refractivity contribution in [3.05, 3.63) is 5.82 Å². The summed E-state index contributed by atoms with van der Waals surface area (Å²) in [5, 5.41) is 3.60. The molecular formula is C5H9N3O. The highest BCUT2D eigenvalue weighted by atomic mass is 16.5. The molecule has 1 aromatic heterocycles. The number of nitrogens with zero attached hydrogens (tertiary/aromatic N) is 2. The molecule has 1 rings (SSSR count). The summed E-state index contributed by atoms with van der Waals surface area (Å²) in [6.45, 7) is 3.95. The second-order valence-electron chi connectivity index (χ2n) is 2.15. The predicted molar refractivity (Wildman–Crippen MR) is 32.8 cm³/mol. The van der Waals surface area contributed by atoms with E-state index in [1.54, 1.807) is 0 Å². The quantitative estimate of drug-likeness (QED) is 0.605. The highest BCUT2D eigenvalue weighted by Gasteiger charge is 2.05. The molecule has 0 unspecified atom stereocenters. The van der Waals surface area contributed by atoms with Crippen LogP contribution in [0, 0.1) is 0 Å². The Morgan fingerprint density at radius 2 is 2.22 bits per heavy atom. The first-order valence-corrected chi connectivity index (χ1v) is 2.79. The zero-order chi connectivity index (χ0) is 6.85. The number of nitrogens with two attached hydrogens (primary N) is 1. The lowest BCUT2D eigenvalue weighted by Crippen LogP contribution is -1.90. The number of nitrogen functional groups attached to an aromatic ring is 1. The van der Waals surface area contributed by atoms with Gasteiger partial charge in [-0.25, -0.2) is 0 Å². The Labute approximate surface area is 53.1 Å². The minimum Gasteiger partial charge on any atom is -0.351 e. The molecule has 0 saturated carbocycles. The van der Waals surface area contributed by atoms with Gasteiger partial charge in [-0.3, -0.25) is 0 Å². The Bertz CT molecular complexity index is 194. The van der Waals surface area contributed by atoms with Crippen molar-refractivity contribution in [3.63, 3.8) is 0 Å². The molecule has 0 fully saturated rings. The molecule has 0 amide bonds. The van der Waals surface area contributed by atoms with E-state index in [0.717, 1.165) is 0 Å². The maximum absolute atomic E-state index is 5.18. The fraction of sp³-hybridized carbons (Fsp3) is 0.600. The van der Waals surface area contributed by atoms with Gasteiger partial charge in [-0.05, 0) is 0 Å². The largest absolute Gasteiger partial charge is 0.351 e. The number of aromatic nitrogens is 2. The molecule has 9 heavy (non-hydrogen) atoms. The molecule has 0 aliphatic heterocycles. The van der Waals surface area contributed by atoms with Gasteiger partial charge in [0, 0.05) is 5.92 Å². The van der Waals surface area contributed by atoms with E-state index in [9.17, 15) is 0 Å². The van der Waals surface area contributed by atoms with Gasteiger partial charge < -0.3 is 10.3 Å². The normalized spacial score (nSPS) is 10.6. The summed E-state index contributed by atoms with van der Waals surface area (Å²) in [6.07, 6.45) is 0. The first kappa shape index (κ1) is 6.07. The van der Waals surface area contributed by atoms with Crippen LogP contribution in [0.25, 0.3) is 0 Å². The molecule has 2 N–H and O–H groups in total. The maximum atomic E-state index is 5.18. The molecule has 4 nitrogen and oxygen atoms in total. The standard InChI is InChI=1S/C5H9N3O/c1-3(2)4-7-5(6)9-8-4/h3H,1-2H3,(H2,6,7,8). The van der Waals surface area contributed by atoms with Gasteiger partial charge in [-0.1, -0.05) is 19.0 Å². The van der Waals surface area contributed by atoms with E-state index in [-0.39, 0.29) is 11.9 Å². The van der Waals surface area contributed by atoms with Crippen molar-refractivity contribution >= 4 is 6.01 Å². The first-order valence-electron chi connectivity index (χ1n) is 2.79. The van der Waals surface area contributed by atoms with Crippen LogP contribution >= 0.6 is 0 Å². The summed E-state index contributed by atoms with van der Waals surface area (Å²) >= 11 is 0. The van der Waals surface area contributed by atoms with Crippen molar-refractivity contribution in [3.8, 4) is 0 Å². The summed E-state index contributed by atoms with van der Waals surface area (Å²) in [4.78, 5) is 3.81. The van der Waals surface area contributed by atoms with E-state index in [2.05, 4.69) is 14.7 Å². The van der Waals surface area contributed by atoms with Crippen LogP contribution in [0.1, 0.15) is 25.6 Å². The molecule has 0 aliphatic carbocycles. The van der Waals surface area contributed by atoms with Crippen LogP contribution in [-0.4, -0.2) is 10.1 Å². The van der Waals surface area contributed by atoms with E-state index in [1.807, 2.05) is 13.8 Å². The van der Waals surface area contributed by atoms with Gasteiger partial charge >= 0.3 is 6.01 Å². The number of hydrogen-bond donors (Lipinski definition) is 1. The van der Waals surface area contributed by atoms with Crippen LogP contribution in [0.3, 0.4) is 0 Å². The monoisotopic (exact) mass is 127 g/mol. The molecule has 0 atom stereocenters. The van der Waals surface area contributed by atoms with Crippen LogP contribution in [0.2, 0.25) is 0 Å². The van der Waals surface area contributed by atoms with Crippen LogP contribution in [-0.2, 0) is 0 Å². The molecule has 0 aliphatic rings. The van der Waals surface area contributed by atoms with Gasteiger partial charge in [-0.2, -0.15) is 4.98 Å². The van der Waals surface area contributed by atoms with Crippen molar-refractivity contribution in [2.24, 2.45) is 0 Å². The number of anilines is 1. The van der Waals surface area contributed by atoms with Gasteiger partial charge in [0.05, 0.1) is 0 Å². The zero-order valence-corrected chi connectivity index (χ0v) is 5.46. The third-order valence-electron chi connectivity index (χ3n) is 0.974. The molecule has 50 valence electrons. The summed E-state index contributed by atoms with van der Waals surface area (Å²) < 4.78 is 4.54. The molecule has 4 heteroatoms. The summed E-state index contributed by atoms with van der Waals surface area (Å²) in [7, 11) is 0. The zero-order valence-electron chi connectivity index (χ0n) is 5.46. The molecular weight excluding hydrogens is 118 g/mol. The number of hydrogen-bond acceptors (Lipinski definition) is 4. The fourth-order valence-corrected chi connectivity index (χ4v) is 0.482. The predicted octanol–water partition coefficient (Wildman–Crippen LogP) is 0.775. The summed E-state index contributed by atoms with van der Waals surface area (Å²) in [5.74, 6) is 0.943. The molecule has 0 radical (unpaired) electrons. The van der Waals surface area contributed by atoms with Crippen LogP contribution < -0.4 is 5.73 Å². The van der Waals surface area contributed by atoms with Gasteiger partial charge in [0.1, 0.15) is 0 Å². The van der Waals surface area contributed by atoms with Crippen molar-refractivity contribution in [2.75, 3.05) is 5.73 Å². The SMILES string of the molecule is CC(C)c1noc(N)n1. The smallest absolute Gasteiger partial charge is 0.318 e. The summed E-state index contributed by atoms with van der Waals surface area (Å²) in [6, 6.07) is 0.138. The summed E-state index contributed by atoms with van der Waals surface area (Å²) in [5.41, 5.74) is 5.18. The lowest BCUT2D eigenvalue weighted by molar-refractivity contribution is 0.423. The Morgan fingerprint density at radius 3 is 2.44 bits per heavy atom. The van der Waals surface area contributed by atoms with Gasteiger partial charge in [0.25, 0.3) is 0 Å². The van der Waals surface area contributed by atoms with Crippen molar-refractivity contribution < 1.29 is 4.52 Å². The first-order chi connectivity index (χ1) is 4.20. The molecule has 1 aromatic rings. The third kappa shape index (κ3) is 1.19. The average Bonchev–Trinajstić information content (AvgIpc) is 2.14. The molecule has 1 heterocycles. The van der Waals surface area contributed by atoms with Crippen molar-refractivity contribution in [1.29, 1.82) is 0 Å². The lowest BCUT2D eigenvalue weighted by Gasteiger charge is -1.90. The minimum atomic E-state index is 0.138. The second-order valence-corrected chi connectivity index (χ2v) is 2.15. The van der Waals surface area contributed by atoms with E-state index in [0.29, 0.717) is 5.82 Å².